The number of carboxylic acid groups (broad SMARTS) is 1. The lowest BCUT2D eigenvalue weighted by molar-refractivity contribution is 0.0696. The Morgan fingerprint density at radius 1 is 1.24 bits per heavy atom. The fraction of sp³-hybridized carbons (Fsp3) is 0.133. The van der Waals surface area contributed by atoms with E-state index in [0.717, 1.165) is 5.69 Å². The average molecular weight is 285 g/mol. The number of amides is 2. The van der Waals surface area contributed by atoms with Crippen molar-refractivity contribution < 1.29 is 14.7 Å². The monoisotopic (exact) mass is 285 g/mol. The first kappa shape index (κ1) is 14.5. The van der Waals surface area contributed by atoms with Crippen molar-refractivity contribution in [3.63, 3.8) is 0 Å². The Morgan fingerprint density at radius 3 is 2.62 bits per heavy atom. The molecule has 0 saturated carbocycles. The number of hydrogen-bond donors (Lipinski definition) is 2. The van der Waals surface area contributed by atoms with Gasteiger partial charge in [0.2, 0.25) is 0 Å². The first-order valence-corrected chi connectivity index (χ1v) is 6.33. The summed E-state index contributed by atoms with van der Waals surface area (Å²) in [5.41, 5.74) is 1.40. The number of aromatic carboxylic acids is 1. The molecule has 2 rings (SSSR count). The Balaban J connectivity index is 1.98. The summed E-state index contributed by atoms with van der Waals surface area (Å²) in [6.07, 6.45) is 1.41. The highest BCUT2D eigenvalue weighted by molar-refractivity contribution is 5.91. The van der Waals surface area contributed by atoms with Crippen LogP contribution in [-0.2, 0) is 6.54 Å². The summed E-state index contributed by atoms with van der Waals surface area (Å²) in [4.78, 5) is 28.4. The van der Waals surface area contributed by atoms with Gasteiger partial charge in [-0.15, -0.1) is 0 Å². The summed E-state index contributed by atoms with van der Waals surface area (Å²) in [7, 11) is 1.66. The summed E-state index contributed by atoms with van der Waals surface area (Å²) in [5.74, 6) is -1.02. The fourth-order valence-corrected chi connectivity index (χ4v) is 1.76. The zero-order valence-electron chi connectivity index (χ0n) is 11.5. The van der Waals surface area contributed by atoms with E-state index in [2.05, 4.69) is 10.3 Å². The quantitative estimate of drug-likeness (QED) is 0.901. The molecule has 0 aliphatic heterocycles. The number of carbonyl (C=O) groups is 2. The predicted molar refractivity (Wildman–Crippen MR) is 78.3 cm³/mol. The van der Waals surface area contributed by atoms with Gasteiger partial charge in [-0.05, 0) is 24.3 Å². The van der Waals surface area contributed by atoms with Crippen LogP contribution in [0.25, 0.3) is 0 Å². The normalized spacial score (nSPS) is 9.95. The van der Waals surface area contributed by atoms with Gasteiger partial charge in [0, 0.05) is 18.9 Å². The second-order valence-corrected chi connectivity index (χ2v) is 4.39. The molecule has 108 valence electrons. The van der Waals surface area contributed by atoms with Crippen LogP contribution in [0.2, 0.25) is 0 Å². The number of carbonyl (C=O) groups excluding carboxylic acids is 1. The molecule has 0 aliphatic rings. The van der Waals surface area contributed by atoms with Gasteiger partial charge >= 0.3 is 12.0 Å². The minimum Gasteiger partial charge on any atom is -0.478 e. The molecular weight excluding hydrogens is 270 g/mol. The Morgan fingerprint density at radius 2 is 1.95 bits per heavy atom. The number of nitrogens with zero attached hydrogens (tertiary/aromatic N) is 2. The highest BCUT2D eigenvalue weighted by Crippen LogP contribution is 2.11. The van der Waals surface area contributed by atoms with Crippen LogP contribution in [-0.4, -0.2) is 29.1 Å². The molecule has 1 aromatic carbocycles. The van der Waals surface area contributed by atoms with Gasteiger partial charge in [-0.3, -0.25) is 9.88 Å². The van der Waals surface area contributed by atoms with E-state index < -0.39 is 5.97 Å². The van der Waals surface area contributed by atoms with Gasteiger partial charge in [0.1, 0.15) is 0 Å². The molecule has 1 aromatic heterocycles. The molecule has 2 amide bonds. The van der Waals surface area contributed by atoms with Crippen molar-refractivity contribution in [2.45, 2.75) is 6.54 Å². The molecule has 0 spiro atoms. The number of benzene rings is 1. The minimum atomic E-state index is -1.02. The average Bonchev–Trinajstić information content (AvgIpc) is 2.53. The number of anilines is 1. The fourth-order valence-electron chi connectivity index (χ4n) is 1.76. The van der Waals surface area contributed by atoms with Gasteiger partial charge in [-0.1, -0.05) is 18.2 Å². The van der Waals surface area contributed by atoms with Crippen molar-refractivity contribution in [1.82, 2.24) is 10.3 Å². The highest BCUT2D eigenvalue weighted by atomic mass is 16.4. The van der Waals surface area contributed by atoms with Crippen LogP contribution in [0.1, 0.15) is 16.1 Å². The van der Waals surface area contributed by atoms with Crippen molar-refractivity contribution in [1.29, 1.82) is 0 Å². The van der Waals surface area contributed by atoms with Crippen LogP contribution >= 0.6 is 0 Å². The van der Waals surface area contributed by atoms with Gasteiger partial charge in [0.25, 0.3) is 0 Å². The standard InChI is InChI=1S/C15H15N3O3/c1-18(13-5-3-2-4-6-13)15(21)17-10-12-9-11(14(19)20)7-8-16-12/h2-9H,10H2,1H3,(H,17,21)(H,19,20). The number of urea groups is 1. The van der Waals surface area contributed by atoms with E-state index in [1.165, 1.54) is 23.2 Å². The molecule has 1 heterocycles. The van der Waals surface area contributed by atoms with Crippen LogP contribution in [0.5, 0.6) is 0 Å². The third kappa shape index (κ3) is 3.79. The van der Waals surface area contributed by atoms with Crippen LogP contribution < -0.4 is 10.2 Å². The third-order valence-electron chi connectivity index (χ3n) is 2.93. The molecule has 0 unspecified atom stereocenters. The summed E-state index contributed by atoms with van der Waals surface area (Å²) < 4.78 is 0. The van der Waals surface area contributed by atoms with Gasteiger partial charge in [0.05, 0.1) is 17.8 Å². The van der Waals surface area contributed by atoms with E-state index in [9.17, 15) is 9.59 Å². The van der Waals surface area contributed by atoms with Crippen molar-refractivity contribution in [2.75, 3.05) is 11.9 Å². The molecule has 21 heavy (non-hydrogen) atoms. The number of nitrogens with one attached hydrogen (secondary N) is 1. The molecule has 0 atom stereocenters. The molecule has 0 fully saturated rings. The first-order valence-electron chi connectivity index (χ1n) is 6.33. The number of aromatic nitrogens is 1. The SMILES string of the molecule is CN(C(=O)NCc1cc(C(=O)O)ccn1)c1ccccc1. The lowest BCUT2D eigenvalue weighted by Crippen LogP contribution is -2.37. The molecule has 0 radical (unpaired) electrons. The van der Waals surface area contributed by atoms with Crippen molar-refractivity contribution in [2.24, 2.45) is 0 Å². The van der Waals surface area contributed by atoms with Crippen molar-refractivity contribution >= 4 is 17.7 Å². The molecule has 2 N–H and O–H groups in total. The molecule has 6 nitrogen and oxygen atoms in total. The lowest BCUT2D eigenvalue weighted by Gasteiger charge is -2.17. The molecule has 6 heteroatoms. The van der Waals surface area contributed by atoms with E-state index in [-0.39, 0.29) is 18.1 Å². The number of hydrogen-bond acceptors (Lipinski definition) is 3. The van der Waals surface area contributed by atoms with E-state index in [0.29, 0.717) is 5.69 Å². The third-order valence-corrected chi connectivity index (χ3v) is 2.93. The molecule has 2 aromatic rings. The van der Waals surface area contributed by atoms with Crippen LogP contribution in [0, 0.1) is 0 Å². The highest BCUT2D eigenvalue weighted by Gasteiger charge is 2.10. The second-order valence-electron chi connectivity index (χ2n) is 4.39. The maximum Gasteiger partial charge on any atom is 0.335 e. The van der Waals surface area contributed by atoms with Crippen molar-refractivity contribution in [3.8, 4) is 0 Å². The van der Waals surface area contributed by atoms with Crippen LogP contribution in [0.3, 0.4) is 0 Å². The summed E-state index contributed by atoms with van der Waals surface area (Å²) in [5, 5.41) is 11.6. The lowest BCUT2D eigenvalue weighted by atomic mass is 10.2. The second kappa shape index (κ2) is 6.51. The van der Waals surface area contributed by atoms with Crippen molar-refractivity contribution in [3.05, 3.63) is 59.9 Å². The van der Waals surface area contributed by atoms with Crippen LogP contribution in [0.15, 0.2) is 48.7 Å². The zero-order chi connectivity index (χ0) is 15.2. The minimum absolute atomic E-state index is 0.144. The van der Waals surface area contributed by atoms with Gasteiger partial charge < -0.3 is 10.4 Å². The number of pyridine rings is 1. The zero-order valence-corrected chi connectivity index (χ0v) is 11.5. The maximum absolute atomic E-state index is 12.0. The Kier molecular flexibility index (Phi) is 4.50. The van der Waals surface area contributed by atoms with E-state index in [1.807, 2.05) is 30.3 Å². The largest absolute Gasteiger partial charge is 0.478 e. The summed E-state index contributed by atoms with van der Waals surface area (Å²) in [6, 6.07) is 11.8. The van der Waals surface area contributed by atoms with Gasteiger partial charge in [-0.25, -0.2) is 9.59 Å². The summed E-state index contributed by atoms with van der Waals surface area (Å²) >= 11 is 0. The maximum atomic E-state index is 12.0. The van der Waals surface area contributed by atoms with E-state index in [1.54, 1.807) is 7.05 Å². The Labute approximate surface area is 122 Å². The summed E-state index contributed by atoms with van der Waals surface area (Å²) in [6.45, 7) is 0.164. The first-order chi connectivity index (χ1) is 10.1. The van der Waals surface area contributed by atoms with Crippen LogP contribution in [0.4, 0.5) is 10.5 Å². The predicted octanol–water partition coefficient (Wildman–Crippen LogP) is 2.13. The Hall–Kier alpha value is -2.89. The number of carboxylic acids is 1. The van der Waals surface area contributed by atoms with E-state index in [4.69, 9.17) is 5.11 Å². The molecular formula is C15H15N3O3. The Bertz CT molecular complexity index is 644. The number of para-hydroxylation sites is 1. The van der Waals surface area contributed by atoms with Gasteiger partial charge in [0.15, 0.2) is 0 Å². The molecule has 0 aliphatic carbocycles. The topological polar surface area (TPSA) is 82.5 Å². The number of rotatable bonds is 4. The smallest absolute Gasteiger partial charge is 0.335 e. The molecule has 0 saturated heterocycles. The van der Waals surface area contributed by atoms with Gasteiger partial charge in [-0.2, -0.15) is 0 Å². The molecule has 0 bridgehead atoms. The van der Waals surface area contributed by atoms with E-state index >= 15 is 0 Å².